The predicted molar refractivity (Wildman–Crippen MR) is 76.6 cm³/mol. The molecule has 0 spiro atoms. The van der Waals surface area contributed by atoms with E-state index in [4.69, 9.17) is 5.11 Å². The fraction of sp³-hybridized carbons (Fsp3) is 0.267. The van der Waals surface area contributed by atoms with Gasteiger partial charge >= 0.3 is 0 Å². The van der Waals surface area contributed by atoms with Crippen molar-refractivity contribution < 1.29 is 5.11 Å². The molecule has 0 aliphatic carbocycles. The van der Waals surface area contributed by atoms with Crippen molar-refractivity contribution in [2.75, 3.05) is 19.7 Å². The summed E-state index contributed by atoms with van der Waals surface area (Å²) in [5.41, 5.74) is 3.08. The van der Waals surface area contributed by atoms with Gasteiger partial charge in [-0.25, -0.2) is 0 Å². The summed E-state index contributed by atoms with van der Waals surface area (Å²) in [5, 5.41) is 16.4. The van der Waals surface area contributed by atoms with Crippen LogP contribution in [0.15, 0.2) is 49.1 Å². The standard InChI is InChI=1S/C15H19N3O/c1-2-8-18(9-10-19)12-14-11-15(17-16-14)13-6-4-3-5-7-13/h2-7,11,19H,1,8-10,12H2,(H,16,17). The van der Waals surface area contributed by atoms with Crippen LogP contribution in [0.25, 0.3) is 11.3 Å². The van der Waals surface area contributed by atoms with E-state index < -0.39 is 0 Å². The van der Waals surface area contributed by atoms with Crippen molar-refractivity contribution in [1.29, 1.82) is 0 Å². The van der Waals surface area contributed by atoms with Crippen LogP contribution in [-0.4, -0.2) is 39.9 Å². The SMILES string of the molecule is C=CCN(CCO)Cc1cc(-c2ccccc2)n[nH]1. The first kappa shape index (κ1) is 13.5. The van der Waals surface area contributed by atoms with Gasteiger partial charge < -0.3 is 5.11 Å². The number of hydrogen-bond donors (Lipinski definition) is 2. The lowest BCUT2D eigenvalue weighted by Crippen LogP contribution is -2.26. The van der Waals surface area contributed by atoms with Crippen molar-refractivity contribution in [3.05, 3.63) is 54.7 Å². The van der Waals surface area contributed by atoms with Gasteiger partial charge in [0.05, 0.1) is 12.3 Å². The second kappa shape index (κ2) is 6.87. The minimum absolute atomic E-state index is 0.146. The largest absolute Gasteiger partial charge is 0.395 e. The predicted octanol–water partition coefficient (Wildman–Crippen LogP) is 2.06. The van der Waals surface area contributed by atoms with E-state index in [-0.39, 0.29) is 6.61 Å². The van der Waals surface area contributed by atoms with Crippen molar-refractivity contribution in [3.63, 3.8) is 0 Å². The molecule has 0 atom stereocenters. The maximum atomic E-state index is 9.02. The average Bonchev–Trinajstić information content (AvgIpc) is 2.89. The third-order valence-corrected chi connectivity index (χ3v) is 2.90. The van der Waals surface area contributed by atoms with Gasteiger partial charge in [0.25, 0.3) is 0 Å². The van der Waals surface area contributed by atoms with Crippen LogP contribution in [0, 0.1) is 0 Å². The van der Waals surface area contributed by atoms with Gasteiger partial charge in [-0.1, -0.05) is 36.4 Å². The number of aromatic nitrogens is 2. The number of H-pyrrole nitrogens is 1. The summed E-state index contributed by atoms with van der Waals surface area (Å²) in [6, 6.07) is 12.1. The Labute approximate surface area is 113 Å². The fourth-order valence-electron chi connectivity index (χ4n) is 2.00. The smallest absolute Gasteiger partial charge is 0.0924 e. The van der Waals surface area contributed by atoms with Crippen LogP contribution >= 0.6 is 0 Å². The van der Waals surface area contributed by atoms with Crippen molar-refractivity contribution in [2.45, 2.75) is 6.54 Å². The minimum Gasteiger partial charge on any atom is -0.395 e. The summed E-state index contributed by atoms with van der Waals surface area (Å²) < 4.78 is 0. The third kappa shape index (κ3) is 3.77. The molecule has 4 heteroatoms. The Bertz CT molecular complexity index is 507. The van der Waals surface area contributed by atoms with E-state index in [1.165, 1.54) is 0 Å². The number of rotatable bonds is 7. The Morgan fingerprint density at radius 3 is 2.79 bits per heavy atom. The topological polar surface area (TPSA) is 52.1 Å². The van der Waals surface area contributed by atoms with Crippen molar-refractivity contribution in [1.82, 2.24) is 15.1 Å². The molecule has 0 radical (unpaired) electrons. The van der Waals surface area contributed by atoms with Crippen LogP contribution in [0.3, 0.4) is 0 Å². The molecule has 0 bridgehead atoms. The quantitative estimate of drug-likeness (QED) is 0.746. The van der Waals surface area contributed by atoms with Crippen LogP contribution in [0.1, 0.15) is 5.69 Å². The fourth-order valence-corrected chi connectivity index (χ4v) is 2.00. The summed E-state index contributed by atoms with van der Waals surface area (Å²) in [7, 11) is 0. The second-order valence-corrected chi connectivity index (χ2v) is 4.39. The number of aliphatic hydroxyl groups is 1. The molecule has 2 rings (SSSR count). The molecule has 0 aliphatic heterocycles. The summed E-state index contributed by atoms with van der Waals surface area (Å²) in [6.07, 6.45) is 1.84. The number of aromatic amines is 1. The molecule has 1 aromatic heterocycles. The van der Waals surface area contributed by atoms with Gasteiger partial charge in [-0.2, -0.15) is 5.10 Å². The molecule has 1 aromatic carbocycles. The summed E-state index contributed by atoms with van der Waals surface area (Å²) in [5.74, 6) is 0. The number of aliphatic hydroxyl groups excluding tert-OH is 1. The van der Waals surface area contributed by atoms with E-state index in [0.717, 1.165) is 30.0 Å². The van der Waals surface area contributed by atoms with Gasteiger partial charge in [-0.3, -0.25) is 10.00 Å². The van der Waals surface area contributed by atoms with Gasteiger partial charge in [-0.05, 0) is 6.07 Å². The lowest BCUT2D eigenvalue weighted by Gasteiger charge is -2.17. The highest BCUT2D eigenvalue weighted by atomic mass is 16.3. The van der Waals surface area contributed by atoms with Gasteiger partial charge in [0.2, 0.25) is 0 Å². The molecule has 1 heterocycles. The van der Waals surface area contributed by atoms with Crippen molar-refractivity contribution >= 4 is 0 Å². The zero-order valence-electron chi connectivity index (χ0n) is 10.9. The Balaban J connectivity index is 2.06. The molecule has 0 saturated carbocycles. The zero-order valence-corrected chi connectivity index (χ0v) is 10.9. The molecule has 0 fully saturated rings. The van der Waals surface area contributed by atoms with Crippen molar-refractivity contribution in [3.8, 4) is 11.3 Å². The Hall–Kier alpha value is -1.91. The van der Waals surface area contributed by atoms with E-state index in [0.29, 0.717) is 6.54 Å². The molecule has 4 nitrogen and oxygen atoms in total. The Morgan fingerprint density at radius 2 is 2.11 bits per heavy atom. The van der Waals surface area contributed by atoms with E-state index in [1.807, 2.05) is 42.5 Å². The monoisotopic (exact) mass is 257 g/mol. The Morgan fingerprint density at radius 1 is 1.32 bits per heavy atom. The van der Waals surface area contributed by atoms with Crippen LogP contribution in [0.2, 0.25) is 0 Å². The van der Waals surface area contributed by atoms with Crippen LogP contribution < -0.4 is 0 Å². The maximum absolute atomic E-state index is 9.02. The highest BCUT2D eigenvalue weighted by Gasteiger charge is 2.07. The number of nitrogens with one attached hydrogen (secondary N) is 1. The zero-order chi connectivity index (χ0) is 13.5. The molecule has 100 valence electrons. The second-order valence-electron chi connectivity index (χ2n) is 4.39. The molecule has 2 N–H and O–H groups in total. The normalized spacial score (nSPS) is 10.8. The van der Waals surface area contributed by atoms with Crippen LogP contribution in [0.5, 0.6) is 0 Å². The van der Waals surface area contributed by atoms with Crippen LogP contribution in [-0.2, 0) is 6.54 Å². The molecule has 0 amide bonds. The van der Waals surface area contributed by atoms with Crippen molar-refractivity contribution in [2.24, 2.45) is 0 Å². The minimum atomic E-state index is 0.146. The first-order valence-electron chi connectivity index (χ1n) is 6.37. The molecule has 19 heavy (non-hydrogen) atoms. The highest BCUT2D eigenvalue weighted by molar-refractivity contribution is 5.58. The van der Waals surface area contributed by atoms with E-state index >= 15 is 0 Å². The maximum Gasteiger partial charge on any atom is 0.0924 e. The van der Waals surface area contributed by atoms with E-state index in [9.17, 15) is 0 Å². The third-order valence-electron chi connectivity index (χ3n) is 2.90. The van der Waals surface area contributed by atoms with Crippen LogP contribution in [0.4, 0.5) is 0 Å². The lowest BCUT2D eigenvalue weighted by atomic mass is 10.1. The molecule has 2 aromatic rings. The summed E-state index contributed by atoms with van der Waals surface area (Å²) in [4.78, 5) is 2.11. The number of hydrogen-bond acceptors (Lipinski definition) is 3. The average molecular weight is 257 g/mol. The first-order chi connectivity index (χ1) is 9.33. The van der Waals surface area contributed by atoms with Gasteiger partial charge in [0, 0.05) is 30.9 Å². The van der Waals surface area contributed by atoms with Gasteiger partial charge in [0.1, 0.15) is 0 Å². The molecular formula is C15H19N3O. The van der Waals surface area contributed by atoms with Gasteiger partial charge in [-0.15, -0.1) is 6.58 Å². The summed E-state index contributed by atoms with van der Waals surface area (Å²) >= 11 is 0. The highest BCUT2D eigenvalue weighted by Crippen LogP contribution is 2.17. The number of nitrogens with zero attached hydrogens (tertiary/aromatic N) is 2. The Kier molecular flexibility index (Phi) is 4.89. The molecular weight excluding hydrogens is 238 g/mol. The van der Waals surface area contributed by atoms with E-state index in [1.54, 1.807) is 0 Å². The molecule has 0 aliphatic rings. The first-order valence-corrected chi connectivity index (χ1v) is 6.37. The van der Waals surface area contributed by atoms with E-state index in [2.05, 4.69) is 21.7 Å². The molecule has 0 unspecified atom stereocenters. The lowest BCUT2D eigenvalue weighted by molar-refractivity contribution is 0.202. The number of benzene rings is 1. The van der Waals surface area contributed by atoms with Gasteiger partial charge in [0.15, 0.2) is 0 Å². The summed E-state index contributed by atoms with van der Waals surface area (Å²) in [6.45, 7) is 5.98. The molecule has 0 saturated heterocycles.